The first kappa shape index (κ1) is 20.6. The van der Waals surface area contributed by atoms with Crippen LogP contribution < -0.4 is 14.8 Å². The van der Waals surface area contributed by atoms with E-state index in [9.17, 15) is 4.79 Å². The minimum Gasteiger partial charge on any atom is -0.493 e. The lowest BCUT2D eigenvalue weighted by Crippen LogP contribution is -2.14. The number of amides is 1. The summed E-state index contributed by atoms with van der Waals surface area (Å²) in [4.78, 5) is 21.0. The second-order valence-corrected chi connectivity index (χ2v) is 7.65. The van der Waals surface area contributed by atoms with Gasteiger partial charge in [0.1, 0.15) is 12.4 Å². The number of nitrogens with zero attached hydrogens (tertiary/aromatic N) is 2. The quantitative estimate of drug-likeness (QED) is 0.425. The number of carbonyl (C=O) groups is 1. The Balaban J connectivity index is 1.40. The molecule has 8 heteroatoms. The van der Waals surface area contributed by atoms with Crippen molar-refractivity contribution in [3.8, 4) is 22.3 Å². The monoisotopic (exact) mass is 435 g/mol. The van der Waals surface area contributed by atoms with Gasteiger partial charge in [0.25, 0.3) is 0 Å². The average molecular weight is 436 g/mol. The van der Waals surface area contributed by atoms with Crippen LogP contribution >= 0.6 is 11.3 Å². The molecule has 1 aromatic carbocycles. The van der Waals surface area contributed by atoms with Gasteiger partial charge in [-0.2, -0.15) is 0 Å². The Hall–Kier alpha value is -3.65. The lowest BCUT2D eigenvalue weighted by Gasteiger charge is -2.13. The van der Waals surface area contributed by atoms with Crippen LogP contribution in [0, 0.1) is 6.92 Å². The summed E-state index contributed by atoms with van der Waals surface area (Å²) in [6, 6.07) is 12.8. The second kappa shape index (κ2) is 9.44. The number of aryl methyl sites for hydroxylation is 1. The van der Waals surface area contributed by atoms with Gasteiger partial charge in [-0.25, -0.2) is 4.98 Å². The van der Waals surface area contributed by atoms with Crippen molar-refractivity contribution in [3.05, 3.63) is 77.3 Å². The molecule has 0 aliphatic heterocycles. The van der Waals surface area contributed by atoms with Gasteiger partial charge in [-0.05, 0) is 48.9 Å². The summed E-state index contributed by atoms with van der Waals surface area (Å²) in [7, 11) is 1.58. The third-order valence-electron chi connectivity index (χ3n) is 4.44. The van der Waals surface area contributed by atoms with Crippen molar-refractivity contribution in [2.45, 2.75) is 20.0 Å². The third-order valence-corrected chi connectivity index (χ3v) is 5.34. The first-order chi connectivity index (χ1) is 15.1. The van der Waals surface area contributed by atoms with Crippen LogP contribution in [-0.4, -0.2) is 23.0 Å². The van der Waals surface area contributed by atoms with Crippen LogP contribution in [0.25, 0.3) is 10.8 Å². The van der Waals surface area contributed by atoms with Crippen molar-refractivity contribution >= 4 is 22.9 Å². The Kier molecular flexibility index (Phi) is 6.28. The van der Waals surface area contributed by atoms with Gasteiger partial charge >= 0.3 is 0 Å². The summed E-state index contributed by atoms with van der Waals surface area (Å²) >= 11 is 1.45. The number of furan rings is 1. The molecule has 1 amide bonds. The van der Waals surface area contributed by atoms with Gasteiger partial charge < -0.3 is 19.2 Å². The molecule has 31 heavy (non-hydrogen) atoms. The molecule has 0 radical (unpaired) electrons. The van der Waals surface area contributed by atoms with Gasteiger partial charge in [0, 0.05) is 29.5 Å². The number of aromatic nitrogens is 2. The molecule has 158 valence electrons. The number of nitrogens with one attached hydrogen (secondary N) is 1. The Bertz CT molecular complexity index is 1170. The first-order valence-corrected chi connectivity index (χ1v) is 10.5. The SMILES string of the molecule is COc1ccc(NC(=O)Cc2csc(-c3ccc(C)o3)n2)cc1OCc1ccncc1. The molecule has 0 bridgehead atoms. The fourth-order valence-corrected chi connectivity index (χ4v) is 3.71. The lowest BCUT2D eigenvalue weighted by atomic mass is 10.2. The summed E-state index contributed by atoms with van der Waals surface area (Å²) in [5, 5.41) is 5.51. The fourth-order valence-electron chi connectivity index (χ4n) is 2.93. The van der Waals surface area contributed by atoms with Crippen molar-refractivity contribution in [3.63, 3.8) is 0 Å². The van der Waals surface area contributed by atoms with Crippen molar-refractivity contribution < 1.29 is 18.7 Å². The van der Waals surface area contributed by atoms with Crippen LogP contribution in [0.1, 0.15) is 17.0 Å². The van der Waals surface area contributed by atoms with Gasteiger partial charge in [-0.3, -0.25) is 9.78 Å². The number of benzene rings is 1. The molecular formula is C23H21N3O4S. The van der Waals surface area contributed by atoms with Gasteiger partial charge in [-0.15, -0.1) is 11.3 Å². The van der Waals surface area contributed by atoms with Gasteiger partial charge in [0.15, 0.2) is 22.3 Å². The molecular weight excluding hydrogens is 414 g/mol. The maximum atomic E-state index is 12.5. The maximum Gasteiger partial charge on any atom is 0.230 e. The van der Waals surface area contributed by atoms with Crippen molar-refractivity contribution in [1.29, 1.82) is 0 Å². The van der Waals surface area contributed by atoms with Crippen molar-refractivity contribution in [1.82, 2.24) is 9.97 Å². The van der Waals surface area contributed by atoms with Crippen molar-refractivity contribution in [2.24, 2.45) is 0 Å². The molecule has 4 aromatic rings. The molecule has 0 unspecified atom stereocenters. The number of hydrogen-bond acceptors (Lipinski definition) is 7. The van der Waals surface area contributed by atoms with Crippen LogP contribution in [0.15, 0.2) is 64.7 Å². The Labute approximate surface area is 183 Å². The molecule has 3 aromatic heterocycles. The number of rotatable bonds is 8. The summed E-state index contributed by atoms with van der Waals surface area (Å²) in [5.74, 6) is 2.50. The Morgan fingerprint density at radius 2 is 1.97 bits per heavy atom. The highest BCUT2D eigenvalue weighted by Gasteiger charge is 2.13. The summed E-state index contributed by atoms with van der Waals surface area (Å²) in [5.41, 5.74) is 2.29. The number of ether oxygens (including phenoxy) is 2. The number of thiazole rings is 1. The molecule has 0 fully saturated rings. The normalized spacial score (nSPS) is 10.6. The van der Waals surface area contributed by atoms with E-state index in [2.05, 4.69) is 15.3 Å². The van der Waals surface area contributed by atoms with E-state index < -0.39 is 0 Å². The van der Waals surface area contributed by atoms with E-state index in [1.54, 1.807) is 37.7 Å². The van der Waals surface area contributed by atoms with Gasteiger partial charge in [0.05, 0.1) is 19.2 Å². The molecule has 7 nitrogen and oxygen atoms in total. The standard InChI is InChI=1S/C23H21N3O4S/c1-15-3-5-20(30-15)23-26-18(14-31-23)12-22(27)25-17-4-6-19(28-2)21(11-17)29-13-16-7-9-24-10-8-16/h3-11,14H,12-13H2,1-2H3,(H,25,27). The number of carbonyl (C=O) groups excluding carboxylic acids is 1. The van der Waals surface area contributed by atoms with Crippen LogP contribution in [0.2, 0.25) is 0 Å². The smallest absolute Gasteiger partial charge is 0.230 e. The van der Waals surface area contributed by atoms with Crippen LogP contribution in [0.3, 0.4) is 0 Å². The summed E-state index contributed by atoms with van der Waals surface area (Å²) in [6.45, 7) is 2.25. The van der Waals surface area contributed by atoms with E-state index in [0.29, 0.717) is 35.2 Å². The molecule has 3 heterocycles. The lowest BCUT2D eigenvalue weighted by molar-refractivity contribution is -0.115. The minimum atomic E-state index is -0.169. The van der Waals surface area contributed by atoms with Crippen LogP contribution in [-0.2, 0) is 17.8 Å². The zero-order valence-corrected chi connectivity index (χ0v) is 17.9. The van der Waals surface area contributed by atoms with E-state index in [0.717, 1.165) is 16.3 Å². The highest BCUT2D eigenvalue weighted by molar-refractivity contribution is 7.13. The van der Waals surface area contributed by atoms with E-state index in [1.807, 2.05) is 36.6 Å². The number of hydrogen-bond donors (Lipinski definition) is 1. The number of methoxy groups -OCH3 is 1. The predicted octanol–water partition coefficient (Wildman–Crippen LogP) is 4.88. The van der Waals surface area contributed by atoms with Crippen LogP contribution in [0.5, 0.6) is 11.5 Å². The Morgan fingerprint density at radius 3 is 2.71 bits per heavy atom. The number of pyridine rings is 1. The first-order valence-electron chi connectivity index (χ1n) is 9.61. The summed E-state index contributed by atoms with van der Waals surface area (Å²) in [6.07, 6.45) is 3.59. The predicted molar refractivity (Wildman–Crippen MR) is 118 cm³/mol. The highest BCUT2D eigenvalue weighted by Crippen LogP contribution is 2.31. The molecule has 0 atom stereocenters. The largest absolute Gasteiger partial charge is 0.493 e. The van der Waals surface area contributed by atoms with Gasteiger partial charge in [-0.1, -0.05) is 0 Å². The molecule has 0 saturated carbocycles. The molecule has 0 saturated heterocycles. The fraction of sp³-hybridized carbons (Fsp3) is 0.174. The minimum absolute atomic E-state index is 0.162. The van der Waals surface area contributed by atoms with E-state index in [-0.39, 0.29) is 12.3 Å². The topological polar surface area (TPSA) is 86.5 Å². The molecule has 0 aliphatic rings. The molecule has 0 spiro atoms. The summed E-state index contributed by atoms with van der Waals surface area (Å²) < 4.78 is 16.8. The van der Waals surface area contributed by atoms with Crippen molar-refractivity contribution in [2.75, 3.05) is 12.4 Å². The zero-order valence-electron chi connectivity index (χ0n) is 17.1. The maximum absolute atomic E-state index is 12.5. The van der Waals surface area contributed by atoms with E-state index in [1.165, 1.54) is 11.3 Å². The van der Waals surface area contributed by atoms with Crippen LogP contribution in [0.4, 0.5) is 5.69 Å². The molecule has 1 N–H and O–H groups in total. The Morgan fingerprint density at radius 1 is 1.13 bits per heavy atom. The molecule has 4 rings (SSSR count). The zero-order chi connectivity index (χ0) is 21.6. The third kappa shape index (κ3) is 5.29. The highest BCUT2D eigenvalue weighted by atomic mass is 32.1. The molecule has 0 aliphatic carbocycles. The number of anilines is 1. The second-order valence-electron chi connectivity index (χ2n) is 6.79. The average Bonchev–Trinajstić information content (AvgIpc) is 3.42. The van der Waals surface area contributed by atoms with Gasteiger partial charge in [0.2, 0.25) is 5.91 Å². The van der Waals surface area contributed by atoms with E-state index in [4.69, 9.17) is 13.9 Å². The van der Waals surface area contributed by atoms with E-state index >= 15 is 0 Å².